The molecule has 0 saturated carbocycles. The van der Waals surface area contributed by atoms with Gasteiger partial charge in [-0.3, -0.25) is 9.59 Å². The first-order valence-electron chi connectivity index (χ1n) is 5.68. The van der Waals surface area contributed by atoms with Crippen molar-refractivity contribution in [2.24, 2.45) is 0 Å². The van der Waals surface area contributed by atoms with Crippen molar-refractivity contribution in [3.8, 4) is 0 Å². The molecule has 1 aromatic carbocycles. The first-order valence-corrected chi connectivity index (χ1v) is 6.06. The number of rotatable bonds is 2. The van der Waals surface area contributed by atoms with Crippen molar-refractivity contribution in [3.05, 3.63) is 28.3 Å². The molecule has 0 aromatic heterocycles. The fraction of sp³-hybridized carbons (Fsp3) is 0.308. The first kappa shape index (κ1) is 14.3. The van der Waals surface area contributed by atoms with Crippen LogP contribution in [0.2, 0.25) is 5.02 Å². The molecule has 0 bridgehead atoms. The Hall–Kier alpha value is -2.08. The standard InChI is InChI=1S/C13H12ClNO5/c1-13(12(18)20-3)7-5-8(14)6(10(16)19-2)4-9(7)15-11(13)17/h4-5H,1-3H3,(H,15,17). The summed E-state index contributed by atoms with van der Waals surface area (Å²) >= 11 is 6.01. The van der Waals surface area contributed by atoms with E-state index in [-0.39, 0.29) is 10.6 Å². The van der Waals surface area contributed by atoms with Crippen LogP contribution in [0, 0.1) is 0 Å². The number of benzene rings is 1. The second kappa shape index (κ2) is 4.79. The Bertz CT molecular complexity index is 627. The van der Waals surface area contributed by atoms with Crippen LogP contribution >= 0.6 is 11.6 Å². The molecule has 1 heterocycles. The zero-order valence-corrected chi connectivity index (χ0v) is 11.8. The lowest BCUT2D eigenvalue weighted by molar-refractivity contribution is -0.150. The molecule has 0 spiro atoms. The summed E-state index contributed by atoms with van der Waals surface area (Å²) in [5, 5.41) is 2.64. The molecule has 0 aliphatic carbocycles. The van der Waals surface area contributed by atoms with Crippen LogP contribution in [0.25, 0.3) is 0 Å². The van der Waals surface area contributed by atoms with Crippen molar-refractivity contribution in [2.45, 2.75) is 12.3 Å². The third-order valence-corrected chi connectivity index (χ3v) is 3.66. The summed E-state index contributed by atoms with van der Waals surface area (Å²) in [7, 11) is 2.42. The molecular weight excluding hydrogens is 286 g/mol. The van der Waals surface area contributed by atoms with Crippen molar-refractivity contribution in [1.29, 1.82) is 0 Å². The van der Waals surface area contributed by atoms with Crippen molar-refractivity contribution in [2.75, 3.05) is 19.5 Å². The number of esters is 2. The second-order valence-electron chi connectivity index (χ2n) is 4.44. The fourth-order valence-corrected chi connectivity index (χ4v) is 2.37. The highest BCUT2D eigenvalue weighted by Gasteiger charge is 2.50. The molecule has 6 nitrogen and oxygen atoms in total. The highest BCUT2D eigenvalue weighted by atomic mass is 35.5. The van der Waals surface area contributed by atoms with Crippen LogP contribution in [0.5, 0.6) is 0 Å². The Balaban J connectivity index is 2.62. The molecule has 7 heteroatoms. The van der Waals surface area contributed by atoms with Crippen LogP contribution in [0.15, 0.2) is 12.1 Å². The van der Waals surface area contributed by atoms with Crippen LogP contribution in [0.3, 0.4) is 0 Å². The van der Waals surface area contributed by atoms with Gasteiger partial charge in [0.15, 0.2) is 5.41 Å². The lowest BCUT2D eigenvalue weighted by Gasteiger charge is -2.19. The summed E-state index contributed by atoms with van der Waals surface area (Å²) in [6, 6.07) is 2.79. The van der Waals surface area contributed by atoms with Gasteiger partial charge in [-0.1, -0.05) is 11.6 Å². The maximum Gasteiger partial charge on any atom is 0.339 e. The van der Waals surface area contributed by atoms with Crippen molar-refractivity contribution in [3.63, 3.8) is 0 Å². The Labute approximate surface area is 120 Å². The van der Waals surface area contributed by atoms with Gasteiger partial charge >= 0.3 is 11.9 Å². The molecule has 1 aliphatic rings. The summed E-state index contributed by atoms with van der Waals surface area (Å²) in [6.45, 7) is 1.44. The molecule has 1 atom stereocenters. The van der Waals surface area contributed by atoms with Gasteiger partial charge in [0, 0.05) is 11.3 Å². The molecule has 106 valence electrons. The zero-order valence-electron chi connectivity index (χ0n) is 11.1. The van der Waals surface area contributed by atoms with Crippen LogP contribution in [-0.4, -0.2) is 32.1 Å². The van der Waals surface area contributed by atoms with E-state index in [2.05, 4.69) is 14.8 Å². The second-order valence-corrected chi connectivity index (χ2v) is 4.85. The Morgan fingerprint density at radius 2 is 1.90 bits per heavy atom. The van der Waals surface area contributed by atoms with Gasteiger partial charge in [0.05, 0.1) is 24.8 Å². The predicted octanol–water partition coefficient (Wildman–Crippen LogP) is 1.51. The number of ether oxygens (including phenoxy) is 2. The SMILES string of the molecule is COC(=O)c1cc2c(cc1Cl)C(C)(C(=O)OC)C(=O)N2. The molecular formula is C13H12ClNO5. The van der Waals surface area contributed by atoms with E-state index in [9.17, 15) is 14.4 Å². The van der Waals surface area contributed by atoms with E-state index in [4.69, 9.17) is 11.6 Å². The minimum absolute atomic E-state index is 0.0993. The van der Waals surface area contributed by atoms with Crippen LogP contribution in [0.1, 0.15) is 22.8 Å². The van der Waals surface area contributed by atoms with Gasteiger partial charge in [0.2, 0.25) is 5.91 Å². The van der Waals surface area contributed by atoms with E-state index in [0.717, 1.165) is 0 Å². The minimum atomic E-state index is -1.48. The number of anilines is 1. The Morgan fingerprint density at radius 3 is 2.45 bits per heavy atom. The van der Waals surface area contributed by atoms with E-state index >= 15 is 0 Å². The van der Waals surface area contributed by atoms with Gasteiger partial charge in [0.25, 0.3) is 0 Å². The normalized spacial score (nSPS) is 20.1. The molecule has 1 amide bonds. The van der Waals surface area contributed by atoms with Gasteiger partial charge < -0.3 is 14.8 Å². The van der Waals surface area contributed by atoms with E-state index < -0.39 is 23.3 Å². The van der Waals surface area contributed by atoms with E-state index in [1.807, 2.05) is 0 Å². The summed E-state index contributed by atoms with van der Waals surface area (Å²) in [6.07, 6.45) is 0. The smallest absolute Gasteiger partial charge is 0.339 e. The van der Waals surface area contributed by atoms with E-state index in [1.54, 1.807) is 0 Å². The monoisotopic (exact) mass is 297 g/mol. The maximum atomic E-state index is 12.0. The summed E-state index contributed by atoms with van der Waals surface area (Å²) in [5.41, 5.74) is -0.662. The number of fused-ring (bicyclic) bond motifs is 1. The number of hydrogen-bond acceptors (Lipinski definition) is 5. The van der Waals surface area contributed by atoms with Gasteiger partial charge in [-0.25, -0.2) is 4.79 Å². The third kappa shape index (κ3) is 1.84. The van der Waals surface area contributed by atoms with Gasteiger partial charge in [-0.05, 0) is 19.1 Å². The van der Waals surface area contributed by atoms with Gasteiger partial charge in [-0.15, -0.1) is 0 Å². The minimum Gasteiger partial charge on any atom is -0.468 e. The fourth-order valence-electron chi connectivity index (χ4n) is 2.13. The molecule has 2 rings (SSSR count). The number of carbonyl (C=O) groups excluding carboxylic acids is 3. The quantitative estimate of drug-likeness (QED) is 0.661. The highest BCUT2D eigenvalue weighted by Crippen LogP contribution is 2.41. The topological polar surface area (TPSA) is 81.7 Å². The number of carbonyl (C=O) groups is 3. The van der Waals surface area contributed by atoms with E-state index in [0.29, 0.717) is 11.3 Å². The van der Waals surface area contributed by atoms with Crippen LogP contribution in [-0.2, 0) is 24.5 Å². The number of halogens is 1. The summed E-state index contributed by atoms with van der Waals surface area (Å²) in [4.78, 5) is 35.5. The van der Waals surface area contributed by atoms with Gasteiger partial charge in [-0.2, -0.15) is 0 Å². The molecule has 1 N–H and O–H groups in total. The number of amides is 1. The molecule has 0 saturated heterocycles. The number of nitrogens with one attached hydrogen (secondary N) is 1. The largest absolute Gasteiger partial charge is 0.468 e. The molecule has 1 unspecified atom stereocenters. The lowest BCUT2D eigenvalue weighted by Crippen LogP contribution is -2.40. The average Bonchev–Trinajstić information content (AvgIpc) is 2.69. The maximum absolute atomic E-state index is 12.0. The zero-order chi connectivity index (χ0) is 15.1. The molecule has 0 fully saturated rings. The predicted molar refractivity (Wildman–Crippen MR) is 70.8 cm³/mol. The third-order valence-electron chi connectivity index (χ3n) is 3.35. The lowest BCUT2D eigenvalue weighted by atomic mass is 9.83. The van der Waals surface area contributed by atoms with Crippen LogP contribution in [0.4, 0.5) is 5.69 Å². The number of methoxy groups -OCH3 is 2. The molecule has 1 aliphatic heterocycles. The van der Waals surface area contributed by atoms with Crippen LogP contribution < -0.4 is 5.32 Å². The molecule has 1 aromatic rings. The van der Waals surface area contributed by atoms with Crippen molar-refractivity contribution >= 4 is 35.1 Å². The number of hydrogen-bond donors (Lipinski definition) is 1. The van der Waals surface area contributed by atoms with Gasteiger partial charge in [0.1, 0.15) is 0 Å². The highest BCUT2D eigenvalue weighted by molar-refractivity contribution is 6.34. The van der Waals surface area contributed by atoms with Crippen molar-refractivity contribution < 1.29 is 23.9 Å². The molecule has 0 radical (unpaired) electrons. The first-order chi connectivity index (χ1) is 9.36. The Kier molecular flexibility index (Phi) is 3.43. The van der Waals surface area contributed by atoms with E-state index in [1.165, 1.54) is 33.3 Å². The molecule has 20 heavy (non-hydrogen) atoms. The summed E-state index contributed by atoms with van der Waals surface area (Å²) < 4.78 is 9.27. The Morgan fingerprint density at radius 1 is 1.25 bits per heavy atom. The average molecular weight is 298 g/mol. The van der Waals surface area contributed by atoms with Crippen molar-refractivity contribution in [1.82, 2.24) is 0 Å². The summed E-state index contributed by atoms with van der Waals surface area (Å²) in [5.74, 6) is -1.85.